The molecule has 1 aromatic heterocycles. The molecular formula is C18H20N2O3S. The monoisotopic (exact) mass is 344 g/mol. The minimum atomic E-state index is -0.300. The molecule has 1 atom stereocenters. The number of amides is 2. The van der Waals surface area contributed by atoms with Crippen LogP contribution in [-0.4, -0.2) is 32.0 Å². The Kier molecular flexibility index (Phi) is 5.15. The zero-order valence-electron chi connectivity index (χ0n) is 13.5. The summed E-state index contributed by atoms with van der Waals surface area (Å²) in [5.74, 6) is 0.320. The largest absolute Gasteiger partial charge is 0.497 e. The summed E-state index contributed by atoms with van der Waals surface area (Å²) in [6, 6.07) is 9.40. The van der Waals surface area contributed by atoms with Crippen LogP contribution >= 0.6 is 11.3 Å². The third kappa shape index (κ3) is 3.76. The van der Waals surface area contributed by atoms with E-state index in [1.165, 1.54) is 5.56 Å². The molecule has 24 heavy (non-hydrogen) atoms. The average molecular weight is 344 g/mol. The van der Waals surface area contributed by atoms with Gasteiger partial charge in [0.2, 0.25) is 11.8 Å². The number of carbonyl (C=O) groups is 2. The van der Waals surface area contributed by atoms with Crippen molar-refractivity contribution >= 4 is 28.8 Å². The minimum absolute atomic E-state index is 0.0266. The number of hydrogen-bond donors (Lipinski definition) is 1. The van der Waals surface area contributed by atoms with Crippen LogP contribution in [0.25, 0.3) is 0 Å². The van der Waals surface area contributed by atoms with E-state index < -0.39 is 0 Å². The molecule has 2 heterocycles. The summed E-state index contributed by atoms with van der Waals surface area (Å²) in [7, 11) is 1.59. The van der Waals surface area contributed by atoms with E-state index in [-0.39, 0.29) is 24.2 Å². The highest BCUT2D eigenvalue weighted by atomic mass is 32.1. The molecule has 1 aliphatic heterocycles. The number of carbonyl (C=O) groups excluding carboxylic acids is 2. The summed E-state index contributed by atoms with van der Waals surface area (Å²) < 4.78 is 5.20. The standard InChI is InChI=1S/C18H20N2O3S/c1-23-16-4-2-3-15(10-16)20-11-14(9-17(20)21)18(22)19-7-5-13-6-8-24-12-13/h2-4,6,8,10,12,14H,5,7,9,11H2,1H3,(H,19,22)/t14-/m0/s1. The number of thiophene rings is 1. The van der Waals surface area contributed by atoms with Crippen LogP contribution in [0.15, 0.2) is 41.1 Å². The molecule has 5 nitrogen and oxygen atoms in total. The van der Waals surface area contributed by atoms with E-state index in [0.717, 1.165) is 12.1 Å². The molecule has 0 aliphatic carbocycles. The summed E-state index contributed by atoms with van der Waals surface area (Å²) >= 11 is 1.65. The second-order valence-electron chi connectivity index (χ2n) is 5.78. The van der Waals surface area contributed by atoms with E-state index in [0.29, 0.717) is 18.8 Å². The van der Waals surface area contributed by atoms with Crippen molar-refractivity contribution in [1.82, 2.24) is 5.32 Å². The normalized spacial score (nSPS) is 17.1. The number of ether oxygens (including phenoxy) is 1. The van der Waals surface area contributed by atoms with Gasteiger partial charge in [0.05, 0.1) is 13.0 Å². The van der Waals surface area contributed by atoms with Crippen LogP contribution in [0.1, 0.15) is 12.0 Å². The third-order valence-corrected chi connectivity index (χ3v) is 4.89. The molecule has 6 heteroatoms. The van der Waals surface area contributed by atoms with Crippen LogP contribution in [-0.2, 0) is 16.0 Å². The molecule has 1 fully saturated rings. The lowest BCUT2D eigenvalue weighted by molar-refractivity contribution is -0.126. The molecule has 0 radical (unpaired) electrons. The molecule has 1 aromatic carbocycles. The summed E-state index contributed by atoms with van der Waals surface area (Å²) in [6.07, 6.45) is 1.07. The summed E-state index contributed by atoms with van der Waals surface area (Å²) in [4.78, 5) is 26.2. The molecule has 1 aliphatic rings. The Morgan fingerprint density at radius 2 is 2.29 bits per heavy atom. The number of hydrogen-bond acceptors (Lipinski definition) is 4. The van der Waals surface area contributed by atoms with Gasteiger partial charge in [-0.3, -0.25) is 9.59 Å². The van der Waals surface area contributed by atoms with Gasteiger partial charge in [-0.1, -0.05) is 6.07 Å². The molecule has 2 amide bonds. The summed E-state index contributed by atoms with van der Waals surface area (Å²) in [5, 5.41) is 7.05. The molecular weight excluding hydrogens is 324 g/mol. The Labute approximate surface area is 145 Å². The van der Waals surface area contributed by atoms with E-state index in [1.54, 1.807) is 23.3 Å². The first-order valence-corrected chi connectivity index (χ1v) is 8.85. The maximum absolute atomic E-state index is 12.3. The molecule has 1 N–H and O–H groups in total. The lowest BCUT2D eigenvalue weighted by Gasteiger charge is -2.17. The molecule has 0 bridgehead atoms. The Hall–Kier alpha value is -2.34. The van der Waals surface area contributed by atoms with Crippen LogP contribution in [0.4, 0.5) is 5.69 Å². The second-order valence-corrected chi connectivity index (χ2v) is 6.56. The number of benzene rings is 1. The van der Waals surface area contributed by atoms with Gasteiger partial charge in [0.25, 0.3) is 0 Å². The molecule has 2 aromatic rings. The third-order valence-electron chi connectivity index (χ3n) is 4.15. The molecule has 1 saturated heterocycles. The van der Waals surface area contributed by atoms with Gasteiger partial charge < -0.3 is 15.0 Å². The Morgan fingerprint density at radius 1 is 1.42 bits per heavy atom. The highest BCUT2D eigenvalue weighted by Crippen LogP contribution is 2.27. The fraction of sp³-hybridized carbons (Fsp3) is 0.333. The number of rotatable bonds is 6. The van der Waals surface area contributed by atoms with Crippen molar-refractivity contribution in [2.45, 2.75) is 12.8 Å². The fourth-order valence-corrected chi connectivity index (χ4v) is 3.52. The quantitative estimate of drug-likeness (QED) is 0.876. The smallest absolute Gasteiger partial charge is 0.227 e. The number of nitrogens with zero attached hydrogens (tertiary/aromatic N) is 1. The molecule has 126 valence electrons. The first kappa shape index (κ1) is 16.5. The Bertz CT molecular complexity index is 715. The van der Waals surface area contributed by atoms with Crippen molar-refractivity contribution in [3.63, 3.8) is 0 Å². The molecule has 0 unspecified atom stereocenters. The van der Waals surface area contributed by atoms with Gasteiger partial charge in [-0.05, 0) is 40.9 Å². The number of nitrogens with one attached hydrogen (secondary N) is 1. The van der Waals surface area contributed by atoms with Crippen molar-refractivity contribution in [2.24, 2.45) is 5.92 Å². The second kappa shape index (κ2) is 7.49. The van der Waals surface area contributed by atoms with Crippen molar-refractivity contribution in [2.75, 3.05) is 25.1 Å². The number of anilines is 1. The number of methoxy groups -OCH3 is 1. The van der Waals surface area contributed by atoms with Crippen molar-refractivity contribution in [3.8, 4) is 5.75 Å². The predicted octanol–water partition coefficient (Wildman–Crippen LogP) is 2.47. The lowest BCUT2D eigenvalue weighted by atomic mass is 10.1. The molecule has 0 spiro atoms. The maximum Gasteiger partial charge on any atom is 0.227 e. The van der Waals surface area contributed by atoms with Gasteiger partial charge in [0.15, 0.2) is 0 Å². The molecule has 3 rings (SSSR count). The van der Waals surface area contributed by atoms with Gasteiger partial charge >= 0.3 is 0 Å². The predicted molar refractivity (Wildman–Crippen MR) is 94.5 cm³/mol. The van der Waals surface area contributed by atoms with Crippen LogP contribution in [0.2, 0.25) is 0 Å². The van der Waals surface area contributed by atoms with Crippen molar-refractivity contribution in [3.05, 3.63) is 46.7 Å². The lowest BCUT2D eigenvalue weighted by Crippen LogP contribution is -2.34. The van der Waals surface area contributed by atoms with Crippen LogP contribution in [0.5, 0.6) is 5.75 Å². The van der Waals surface area contributed by atoms with Gasteiger partial charge in [0, 0.05) is 31.3 Å². The summed E-state index contributed by atoms with van der Waals surface area (Å²) in [6.45, 7) is 1.01. The van der Waals surface area contributed by atoms with E-state index in [1.807, 2.05) is 29.6 Å². The minimum Gasteiger partial charge on any atom is -0.497 e. The molecule has 0 saturated carbocycles. The zero-order valence-corrected chi connectivity index (χ0v) is 14.3. The van der Waals surface area contributed by atoms with Crippen LogP contribution < -0.4 is 15.0 Å². The SMILES string of the molecule is COc1cccc(N2C[C@@H](C(=O)NCCc3ccsc3)CC2=O)c1. The van der Waals surface area contributed by atoms with Crippen molar-refractivity contribution < 1.29 is 14.3 Å². The van der Waals surface area contributed by atoms with E-state index in [4.69, 9.17) is 4.74 Å². The maximum atomic E-state index is 12.3. The van der Waals surface area contributed by atoms with E-state index >= 15 is 0 Å². The van der Waals surface area contributed by atoms with E-state index in [2.05, 4.69) is 16.8 Å². The average Bonchev–Trinajstić information content (AvgIpc) is 3.24. The van der Waals surface area contributed by atoms with Gasteiger partial charge in [-0.15, -0.1) is 0 Å². The summed E-state index contributed by atoms with van der Waals surface area (Å²) in [5.41, 5.74) is 1.99. The topological polar surface area (TPSA) is 58.6 Å². The van der Waals surface area contributed by atoms with Gasteiger partial charge in [0.1, 0.15) is 5.75 Å². The zero-order chi connectivity index (χ0) is 16.9. The van der Waals surface area contributed by atoms with E-state index in [9.17, 15) is 9.59 Å². The van der Waals surface area contributed by atoms with Crippen LogP contribution in [0.3, 0.4) is 0 Å². The first-order chi connectivity index (χ1) is 11.7. The van der Waals surface area contributed by atoms with Crippen molar-refractivity contribution in [1.29, 1.82) is 0 Å². The Balaban J connectivity index is 1.56. The Morgan fingerprint density at radius 3 is 3.04 bits per heavy atom. The fourth-order valence-electron chi connectivity index (χ4n) is 2.82. The van der Waals surface area contributed by atoms with Gasteiger partial charge in [-0.25, -0.2) is 0 Å². The van der Waals surface area contributed by atoms with Gasteiger partial charge in [-0.2, -0.15) is 11.3 Å². The first-order valence-electron chi connectivity index (χ1n) is 7.90. The van der Waals surface area contributed by atoms with Crippen LogP contribution in [0, 0.1) is 5.92 Å². The highest BCUT2D eigenvalue weighted by molar-refractivity contribution is 7.07. The highest BCUT2D eigenvalue weighted by Gasteiger charge is 2.35.